The van der Waals surface area contributed by atoms with E-state index in [0.29, 0.717) is 17.6 Å². The molecule has 0 radical (unpaired) electrons. The predicted molar refractivity (Wildman–Crippen MR) is 133 cm³/mol. The van der Waals surface area contributed by atoms with Crippen LogP contribution >= 0.6 is 0 Å². The van der Waals surface area contributed by atoms with Gasteiger partial charge in [-0.2, -0.15) is 0 Å². The monoisotopic (exact) mass is 450 g/mol. The molecule has 2 heterocycles. The van der Waals surface area contributed by atoms with Crippen LogP contribution < -0.4 is 11.1 Å². The van der Waals surface area contributed by atoms with Crippen molar-refractivity contribution in [2.75, 3.05) is 26.7 Å². The van der Waals surface area contributed by atoms with Crippen LogP contribution in [0.5, 0.6) is 0 Å². The van der Waals surface area contributed by atoms with E-state index in [1.807, 2.05) is 0 Å². The fraction of sp³-hybridized carbons (Fsp3) is 0.444. The highest BCUT2D eigenvalue weighted by atomic mass is 19.1. The summed E-state index contributed by atoms with van der Waals surface area (Å²) < 4.78 is 14.1. The van der Waals surface area contributed by atoms with Crippen LogP contribution in [0, 0.1) is 5.82 Å². The van der Waals surface area contributed by atoms with Crippen molar-refractivity contribution < 1.29 is 9.18 Å². The smallest absolute Gasteiger partial charge is 0.252 e. The molecular weight excluding hydrogens is 415 g/mol. The van der Waals surface area contributed by atoms with Gasteiger partial charge in [0.1, 0.15) is 5.82 Å². The van der Waals surface area contributed by atoms with Gasteiger partial charge >= 0.3 is 0 Å². The highest BCUT2D eigenvalue weighted by Gasteiger charge is 2.23. The lowest BCUT2D eigenvalue weighted by molar-refractivity contribution is 0.0957. The van der Waals surface area contributed by atoms with Crippen molar-refractivity contribution in [2.45, 2.75) is 51.5 Å². The van der Waals surface area contributed by atoms with Gasteiger partial charge in [-0.15, -0.1) is 0 Å². The van der Waals surface area contributed by atoms with E-state index in [9.17, 15) is 9.18 Å². The molecule has 0 spiro atoms. The minimum Gasteiger partial charge on any atom is -0.354 e. The molecule has 0 bridgehead atoms. The average molecular weight is 451 g/mol. The van der Waals surface area contributed by atoms with E-state index in [0.717, 1.165) is 54.7 Å². The second-order valence-electron chi connectivity index (χ2n) is 9.21. The van der Waals surface area contributed by atoms with E-state index in [2.05, 4.69) is 46.5 Å². The van der Waals surface area contributed by atoms with Gasteiger partial charge in [0.05, 0.1) is 5.56 Å². The number of nitrogens with one attached hydrogen (secondary N) is 2. The Balaban J connectivity index is 1.41. The first-order chi connectivity index (χ1) is 16.1. The molecule has 0 aliphatic carbocycles. The number of halogens is 1. The van der Waals surface area contributed by atoms with Crippen molar-refractivity contribution in [3.63, 3.8) is 0 Å². The lowest BCUT2D eigenvalue weighted by Gasteiger charge is -2.17. The van der Waals surface area contributed by atoms with Gasteiger partial charge in [-0.1, -0.05) is 49.9 Å². The van der Waals surface area contributed by atoms with Crippen LogP contribution in [-0.4, -0.2) is 42.5 Å². The Morgan fingerprint density at radius 2 is 1.76 bits per heavy atom. The maximum absolute atomic E-state index is 14.1. The molecule has 5 nitrogen and oxygen atoms in total. The van der Waals surface area contributed by atoms with Crippen molar-refractivity contribution in [3.05, 3.63) is 58.9 Å². The fourth-order valence-electron chi connectivity index (χ4n) is 4.84. The highest BCUT2D eigenvalue weighted by molar-refractivity contribution is 6.10. The summed E-state index contributed by atoms with van der Waals surface area (Å²) >= 11 is 0. The van der Waals surface area contributed by atoms with E-state index in [1.165, 1.54) is 49.8 Å². The van der Waals surface area contributed by atoms with Crippen LogP contribution in [0.4, 0.5) is 4.39 Å². The van der Waals surface area contributed by atoms with E-state index in [1.54, 1.807) is 0 Å². The Labute approximate surface area is 195 Å². The molecule has 1 amide bonds. The van der Waals surface area contributed by atoms with Gasteiger partial charge in [-0.25, -0.2) is 4.39 Å². The summed E-state index contributed by atoms with van der Waals surface area (Å²) in [5.41, 5.74) is 11.0. The SMILES string of the molecule is CN(CCCCCCCCN)Cc1ccc(-c2[nH]c3cc(F)cc4c3c2CCNC4=O)cc1. The lowest BCUT2D eigenvalue weighted by atomic mass is 9.99. The third kappa shape index (κ3) is 5.63. The minimum absolute atomic E-state index is 0.210. The summed E-state index contributed by atoms with van der Waals surface area (Å²) in [6, 6.07) is 11.4. The number of aromatic nitrogens is 1. The number of carbonyl (C=O) groups is 1. The number of nitrogens with two attached hydrogens (primary N) is 1. The second kappa shape index (κ2) is 10.9. The normalized spacial score (nSPS) is 13.5. The summed E-state index contributed by atoms with van der Waals surface area (Å²) in [5.74, 6) is -0.611. The number of nitrogens with zero attached hydrogens (tertiary/aromatic N) is 1. The Bertz CT molecular complexity index is 1090. The van der Waals surface area contributed by atoms with Crippen LogP contribution in [-0.2, 0) is 13.0 Å². The van der Waals surface area contributed by atoms with E-state index < -0.39 is 5.82 Å². The van der Waals surface area contributed by atoms with Gasteiger partial charge in [0.2, 0.25) is 0 Å². The summed E-state index contributed by atoms with van der Waals surface area (Å²) in [6.45, 7) is 3.37. The molecule has 0 atom stereocenters. The zero-order valence-corrected chi connectivity index (χ0v) is 19.6. The number of hydrogen-bond donors (Lipinski definition) is 3. The van der Waals surface area contributed by atoms with E-state index in [-0.39, 0.29) is 5.91 Å². The van der Waals surface area contributed by atoms with Gasteiger partial charge in [-0.05, 0) is 68.2 Å². The Kier molecular flexibility index (Phi) is 7.78. The Morgan fingerprint density at radius 1 is 1.03 bits per heavy atom. The molecule has 2 aromatic carbocycles. The molecular formula is C27H35FN4O. The van der Waals surface area contributed by atoms with Gasteiger partial charge in [0.15, 0.2) is 0 Å². The second-order valence-corrected chi connectivity index (χ2v) is 9.21. The third-order valence-corrected chi connectivity index (χ3v) is 6.56. The first kappa shape index (κ1) is 23.5. The third-order valence-electron chi connectivity index (χ3n) is 6.56. The van der Waals surface area contributed by atoms with Gasteiger partial charge < -0.3 is 20.9 Å². The number of aromatic amines is 1. The van der Waals surface area contributed by atoms with Crippen molar-refractivity contribution in [1.29, 1.82) is 0 Å². The first-order valence-corrected chi connectivity index (χ1v) is 12.2. The largest absolute Gasteiger partial charge is 0.354 e. The number of carbonyl (C=O) groups excluding carboxylic acids is 1. The van der Waals surface area contributed by atoms with Gasteiger partial charge in [0.25, 0.3) is 5.91 Å². The molecule has 1 aromatic heterocycles. The molecule has 33 heavy (non-hydrogen) atoms. The van der Waals surface area contributed by atoms with Crippen molar-refractivity contribution >= 4 is 16.8 Å². The molecule has 0 saturated carbocycles. The number of unbranched alkanes of at least 4 members (excludes halogenated alkanes) is 5. The maximum atomic E-state index is 14.1. The zero-order valence-electron chi connectivity index (χ0n) is 19.6. The highest BCUT2D eigenvalue weighted by Crippen LogP contribution is 2.34. The molecule has 0 unspecified atom stereocenters. The summed E-state index contributed by atoms with van der Waals surface area (Å²) in [7, 11) is 2.17. The Hall–Kier alpha value is -2.70. The molecule has 4 N–H and O–H groups in total. The Morgan fingerprint density at radius 3 is 2.52 bits per heavy atom. The minimum atomic E-state index is -0.400. The maximum Gasteiger partial charge on any atom is 0.252 e. The predicted octanol–water partition coefficient (Wildman–Crippen LogP) is 4.99. The van der Waals surface area contributed by atoms with Crippen molar-refractivity contribution in [2.24, 2.45) is 5.73 Å². The van der Waals surface area contributed by atoms with Crippen molar-refractivity contribution in [3.8, 4) is 11.3 Å². The van der Waals surface area contributed by atoms with Crippen LogP contribution in [0.2, 0.25) is 0 Å². The number of hydrogen-bond acceptors (Lipinski definition) is 3. The molecule has 176 valence electrons. The summed E-state index contributed by atoms with van der Waals surface area (Å²) in [6.07, 6.45) is 8.19. The molecule has 3 aromatic rings. The quantitative estimate of drug-likeness (QED) is 0.360. The van der Waals surface area contributed by atoms with Crippen LogP contribution in [0.15, 0.2) is 36.4 Å². The van der Waals surface area contributed by atoms with Crippen LogP contribution in [0.25, 0.3) is 22.2 Å². The van der Waals surface area contributed by atoms with Gasteiger partial charge in [0, 0.05) is 29.7 Å². The molecule has 1 aliphatic heterocycles. The van der Waals surface area contributed by atoms with Crippen molar-refractivity contribution in [1.82, 2.24) is 15.2 Å². The zero-order chi connectivity index (χ0) is 23.2. The molecule has 0 saturated heterocycles. The standard InChI is InChI=1S/C27H35FN4O/c1-32(15-7-5-3-2-4-6-13-29)18-19-8-10-20(11-9-19)26-22-12-14-30-27(33)23-16-21(28)17-24(31-26)25(22)23/h8-11,16-17,31H,2-7,12-15,18,29H2,1H3,(H,30,33). The van der Waals surface area contributed by atoms with Crippen LogP contribution in [0.1, 0.15) is 60.0 Å². The topological polar surface area (TPSA) is 74.2 Å². The van der Waals surface area contributed by atoms with E-state index >= 15 is 0 Å². The number of amides is 1. The first-order valence-electron chi connectivity index (χ1n) is 12.2. The molecule has 1 aliphatic rings. The molecule has 6 heteroatoms. The molecule has 0 fully saturated rings. The van der Waals surface area contributed by atoms with E-state index in [4.69, 9.17) is 5.73 Å². The number of rotatable bonds is 11. The average Bonchev–Trinajstić information content (AvgIpc) is 3.07. The summed E-state index contributed by atoms with van der Waals surface area (Å²) in [4.78, 5) is 18.1. The summed E-state index contributed by atoms with van der Waals surface area (Å²) in [5, 5.41) is 3.72. The molecule has 4 rings (SSSR count). The van der Waals surface area contributed by atoms with Crippen LogP contribution in [0.3, 0.4) is 0 Å². The number of H-pyrrole nitrogens is 1. The fourth-order valence-corrected chi connectivity index (χ4v) is 4.84. The lowest BCUT2D eigenvalue weighted by Crippen LogP contribution is -2.23. The van der Waals surface area contributed by atoms with Gasteiger partial charge in [-0.3, -0.25) is 4.79 Å². The number of benzene rings is 2.